The van der Waals surface area contributed by atoms with E-state index < -0.39 is 12.0 Å². The molecule has 134 valence electrons. The van der Waals surface area contributed by atoms with E-state index in [1.807, 2.05) is 31.2 Å². The molecule has 2 aliphatic heterocycles. The Bertz CT molecular complexity index is 891. The fourth-order valence-electron chi connectivity index (χ4n) is 2.94. The molecule has 26 heavy (non-hydrogen) atoms. The van der Waals surface area contributed by atoms with E-state index in [2.05, 4.69) is 11.1 Å². The van der Waals surface area contributed by atoms with Gasteiger partial charge in [-0.15, -0.1) is 0 Å². The summed E-state index contributed by atoms with van der Waals surface area (Å²) < 4.78 is 5.45. The van der Waals surface area contributed by atoms with Crippen LogP contribution in [0, 0.1) is 18.3 Å². The lowest BCUT2D eigenvalue weighted by atomic mass is 9.94. The number of fused-ring (bicyclic) bond motifs is 1. The van der Waals surface area contributed by atoms with Gasteiger partial charge in [0.1, 0.15) is 16.8 Å². The summed E-state index contributed by atoms with van der Waals surface area (Å²) in [4.78, 5) is 19.4. The van der Waals surface area contributed by atoms with Crippen molar-refractivity contribution in [1.29, 1.82) is 5.26 Å². The third kappa shape index (κ3) is 3.08. The number of nitrogens with two attached hydrogens (primary N) is 1. The predicted molar refractivity (Wildman–Crippen MR) is 102 cm³/mol. The summed E-state index contributed by atoms with van der Waals surface area (Å²) >= 11 is 1.22. The first-order valence-electron chi connectivity index (χ1n) is 8.27. The van der Waals surface area contributed by atoms with Gasteiger partial charge in [-0.05, 0) is 45.0 Å². The van der Waals surface area contributed by atoms with Crippen LogP contribution >= 0.6 is 11.8 Å². The number of benzene rings is 1. The quantitative estimate of drug-likeness (QED) is 0.823. The Hall–Kier alpha value is -2.72. The molecule has 2 N–H and O–H groups in total. The minimum atomic E-state index is -0.479. The summed E-state index contributed by atoms with van der Waals surface area (Å²) in [5.41, 5.74) is 9.24. The van der Waals surface area contributed by atoms with Gasteiger partial charge in [-0.2, -0.15) is 5.26 Å². The molecule has 1 aromatic rings. The minimum absolute atomic E-state index is 0.248. The molecule has 0 saturated heterocycles. The van der Waals surface area contributed by atoms with Crippen molar-refractivity contribution in [2.75, 3.05) is 0 Å². The van der Waals surface area contributed by atoms with Crippen LogP contribution in [0.4, 0.5) is 0 Å². The maximum absolute atomic E-state index is 12.8. The highest BCUT2D eigenvalue weighted by Gasteiger charge is 2.42. The van der Waals surface area contributed by atoms with E-state index in [1.54, 1.807) is 25.7 Å². The molecule has 6 nitrogen and oxygen atoms in total. The molecule has 0 bridgehead atoms. The second kappa shape index (κ2) is 6.89. The second-order valence-electron chi connectivity index (χ2n) is 6.46. The Labute approximate surface area is 157 Å². The van der Waals surface area contributed by atoms with Gasteiger partial charge < -0.3 is 10.5 Å². The van der Waals surface area contributed by atoms with Gasteiger partial charge in [-0.25, -0.2) is 9.79 Å². The number of allylic oxidation sites excluding steroid dienone is 2. The van der Waals surface area contributed by atoms with Crippen LogP contribution in [0.1, 0.15) is 37.9 Å². The van der Waals surface area contributed by atoms with Gasteiger partial charge in [0.2, 0.25) is 0 Å². The summed E-state index contributed by atoms with van der Waals surface area (Å²) in [6.07, 6.45) is -0.248. The van der Waals surface area contributed by atoms with E-state index in [-0.39, 0.29) is 6.10 Å². The van der Waals surface area contributed by atoms with Crippen molar-refractivity contribution in [3.8, 4) is 6.07 Å². The number of aliphatic imine (C=N–C) groups is 1. The van der Waals surface area contributed by atoms with Gasteiger partial charge >= 0.3 is 5.97 Å². The number of carbonyl (C=O) groups is 1. The van der Waals surface area contributed by atoms with Crippen LogP contribution in [0.25, 0.3) is 0 Å². The Morgan fingerprint density at radius 1 is 1.35 bits per heavy atom. The number of carbonyl (C=O) groups excluding carboxylic acids is 1. The van der Waals surface area contributed by atoms with E-state index >= 15 is 0 Å². The summed E-state index contributed by atoms with van der Waals surface area (Å²) in [5, 5.41) is 9.94. The fourth-order valence-corrected chi connectivity index (χ4v) is 3.86. The summed E-state index contributed by atoms with van der Waals surface area (Å²) in [5.74, 6) is -0.113. The van der Waals surface area contributed by atoms with Crippen LogP contribution in [-0.2, 0) is 9.53 Å². The van der Waals surface area contributed by atoms with Crippen molar-refractivity contribution < 1.29 is 9.53 Å². The first kappa shape index (κ1) is 18.1. The van der Waals surface area contributed by atoms with Crippen molar-refractivity contribution >= 4 is 22.9 Å². The largest absolute Gasteiger partial charge is 0.459 e. The number of hydrogen-bond acceptors (Lipinski definition) is 7. The molecule has 0 aliphatic carbocycles. The molecule has 0 aromatic heterocycles. The van der Waals surface area contributed by atoms with Gasteiger partial charge in [0.25, 0.3) is 0 Å². The molecule has 7 heteroatoms. The zero-order chi connectivity index (χ0) is 19.0. The highest BCUT2D eigenvalue weighted by atomic mass is 32.2. The van der Waals surface area contributed by atoms with E-state index in [1.165, 1.54) is 11.8 Å². The number of rotatable bonds is 3. The molecule has 0 saturated carbocycles. The van der Waals surface area contributed by atoms with Crippen LogP contribution < -0.4 is 5.73 Å². The first-order valence-corrected chi connectivity index (χ1v) is 9.09. The average molecular weight is 368 g/mol. The first-order chi connectivity index (χ1) is 12.3. The average Bonchev–Trinajstić information content (AvgIpc) is 2.89. The molecule has 0 spiro atoms. The van der Waals surface area contributed by atoms with Crippen molar-refractivity contribution in [2.45, 2.75) is 39.8 Å². The molecule has 1 atom stereocenters. The summed E-state index contributed by atoms with van der Waals surface area (Å²) in [6, 6.07) is 9.51. The maximum Gasteiger partial charge on any atom is 0.338 e. The SMILES string of the molecule is CC1=C(C(=O)OC(C)C)[C@@H](c2ccc(C)cc2)N2C(=N1)SC(C#N)=C2N. The number of nitriles is 1. The summed E-state index contributed by atoms with van der Waals surface area (Å²) in [7, 11) is 0. The Balaban J connectivity index is 2.16. The van der Waals surface area contributed by atoms with Gasteiger partial charge in [0.05, 0.1) is 23.4 Å². The fraction of sp³-hybridized carbons (Fsp3) is 0.316. The molecule has 0 unspecified atom stereocenters. The van der Waals surface area contributed by atoms with Gasteiger partial charge in [0, 0.05) is 0 Å². The topological polar surface area (TPSA) is 91.7 Å². The number of ether oxygens (including phenoxy) is 1. The maximum atomic E-state index is 12.8. The van der Waals surface area contributed by atoms with Gasteiger partial charge in [0.15, 0.2) is 5.17 Å². The number of thioether (sulfide) groups is 1. The third-order valence-corrected chi connectivity index (χ3v) is 5.11. The molecule has 2 heterocycles. The standard InChI is InChI=1S/C19H20N4O2S/c1-10(2)25-18(24)15-12(4)22-19-23(17(21)14(9-20)26-19)16(15)13-7-5-11(3)6-8-13/h5-8,10,16H,21H2,1-4H3/t16-/m1/s1. The number of hydrogen-bond donors (Lipinski definition) is 1. The van der Waals surface area contributed by atoms with Crippen LogP contribution in [0.3, 0.4) is 0 Å². The molecule has 3 rings (SSSR count). The van der Waals surface area contributed by atoms with Crippen molar-refractivity contribution in [2.24, 2.45) is 10.7 Å². The highest BCUT2D eigenvalue weighted by molar-refractivity contribution is 8.17. The number of amidine groups is 1. The third-order valence-electron chi connectivity index (χ3n) is 4.13. The van der Waals surface area contributed by atoms with Crippen LogP contribution in [0.2, 0.25) is 0 Å². The summed E-state index contributed by atoms with van der Waals surface area (Å²) in [6.45, 7) is 7.39. The number of nitrogens with zero attached hydrogens (tertiary/aromatic N) is 3. The van der Waals surface area contributed by atoms with Crippen molar-refractivity contribution in [3.05, 3.63) is 57.4 Å². The van der Waals surface area contributed by atoms with Gasteiger partial charge in [-0.1, -0.05) is 29.8 Å². The Kier molecular flexibility index (Phi) is 4.79. The predicted octanol–water partition coefficient (Wildman–Crippen LogP) is 3.33. The van der Waals surface area contributed by atoms with Crippen LogP contribution in [0.15, 0.2) is 51.3 Å². The lowest BCUT2D eigenvalue weighted by Crippen LogP contribution is -2.39. The lowest BCUT2D eigenvalue weighted by molar-refractivity contribution is -0.143. The number of esters is 1. The normalized spacial score (nSPS) is 19.5. The van der Waals surface area contributed by atoms with E-state index in [0.717, 1.165) is 11.1 Å². The minimum Gasteiger partial charge on any atom is -0.459 e. The van der Waals surface area contributed by atoms with E-state index in [9.17, 15) is 10.1 Å². The highest BCUT2D eigenvalue weighted by Crippen LogP contribution is 2.45. The molecular formula is C19H20N4O2S. The van der Waals surface area contributed by atoms with Crippen molar-refractivity contribution in [3.63, 3.8) is 0 Å². The van der Waals surface area contributed by atoms with E-state index in [0.29, 0.717) is 27.2 Å². The zero-order valence-electron chi connectivity index (χ0n) is 15.1. The Morgan fingerprint density at radius 2 is 2.00 bits per heavy atom. The smallest absolute Gasteiger partial charge is 0.338 e. The number of aryl methyl sites for hydroxylation is 1. The lowest BCUT2D eigenvalue weighted by Gasteiger charge is -2.35. The molecule has 0 amide bonds. The molecule has 0 fully saturated rings. The zero-order valence-corrected chi connectivity index (χ0v) is 15.9. The van der Waals surface area contributed by atoms with E-state index in [4.69, 9.17) is 10.5 Å². The van der Waals surface area contributed by atoms with Crippen LogP contribution in [-0.4, -0.2) is 22.1 Å². The monoisotopic (exact) mass is 368 g/mol. The Morgan fingerprint density at radius 3 is 2.58 bits per heavy atom. The molecule has 2 aliphatic rings. The molecule has 0 radical (unpaired) electrons. The second-order valence-corrected chi connectivity index (χ2v) is 7.44. The molecule has 1 aromatic carbocycles. The van der Waals surface area contributed by atoms with Gasteiger partial charge in [-0.3, -0.25) is 4.90 Å². The molecular weight excluding hydrogens is 348 g/mol. The van der Waals surface area contributed by atoms with Crippen LogP contribution in [0.5, 0.6) is 0 Å². The van der Waals surface area contributed by atoms with Crippen molar-refractivity contribution in [1.82, 2.24) is 4.90 Å².